The monoisotopic (exact) mass is 246 g/mol. The lowest BCUT2D eigenvalue weighted by Gasteiger charge is -2.06. The number of carbonyl (C=O) groups excluding carboxylic acids is 1. The van der Waals surface area contributed by atoms with Crippen LogP contribution in [0.3, 0.4) is 0 Å². The van der Waals surface area contributed by atoms with Gasteiger partial charge in [0.25, 0.3) is 5.91 Å². The van der Waals surface area contributed by atoms with Crippen molar-refractivity contribution in [2.75, 3.05) is 0 Å². The molecule has 1 amide bonds. The summed E-state index contributed by atoms with van der Waals surface area (Å²) in [5, 5.41) is 5.28. The second kappa shape index (κ2) is 5.10. The molecule has 4 heteroatoms. The van der Waals surface area contributed by atoms with Crippen molar-refractivity contribution in [1.82, 2.24) is 10.3 Å². The highest BCUT2D eigenvalue weighted by molar-refractivity contribution is 7.11. The molecule has 0 radical (unpaired) electrons. The van der Waals surface area contributed by atoms with Gasteiger partial charge in [-0.1, -0.05) is 24.3 Å². The average molecular weight is 246 g/mol. The van der Waals surface area contributed by atoms with Gasteiger partial charge in [0.15, 0.2) is 5.01 Å². The number of rotatable bonds is 3. The van der Waals surface area contributed by atoms with Crippen LogP contribution < -0.4 is 5.32 Å². The maximum absolute atomic E-state index is 11.8. The summed E-state index contributed by atoms with van der Waals surface area (Å²) in [6, 6.07) is 8.02. The maximum atomic E-state index is 11.8. The predicted molar refractivity (Wildman–Crippen MR) is 69.2 cm³/mol. The standard InChI is InChI=1S/C13H14N2OS/c1-9-5-3-4-6-11(9)7-14-12(16)13-15-10(2)8-17-13/h3-6,8H,7H2,1-2H3,(H,14,16). The number of hydrogen-bond donors (Lipinski definition) is 1. The molecule has 1 heterocycles. The Morgan fingerprint density at radius 1 is 1.35 bits per heavy atom. The van der Waals surface area contributed by atoms with E-state index in [4.69, 9.17) is 0 Å². The lowest BCUT2D eigenvalue weighted by Crippen LogP contribution is -2.23. The van der Waals surface area contributed by atoms with Gasteiger partial charge in [0, 0.05) is 17.6 Å². The maximum Gasteiger partial charge on any atom is 0.280 e. The van der Waals surface area contributed by atoms with E-state index in [-0.39, 0.29) is 5.91 Å². The van der Waals surface area contributed by atoms with E-state index in [0.29, 0.717) is 11.6 Å². The molecule has 2 aromatic rings. The number of hydrogen-bond acceptors (Lipinski definition) is 3. The van der Waals surface area contributed by atoms with Crippen molar-refractivity contribution in [2.45, 2.75) is 20.4 Å². The highest BCUT2D eigenvalue weighted by atomic mass is 32.1. The van der Waals surface area contributed by atoms with Crippen molar-refractivity contribution < 1.29 is 4.79 Å². The third-order valence-corrected chi connectivity index (χ3v) is 3.47. The van der Waals surface area contributed by atoms with Gasteiger partial charge >= 0.3 is 0 Å². The second-order valence-electron chi connectivity index (χ2n) is 3.90. The van der Waals surface area contributed by atoms with Gasteiger partial charge in [0.2, 0.25) is 0 Å². The summed E-state index contributed by atoms with van der Waals surface area (Å²) in [4.78, 5) is 15.9. The summed E-state index contributed by atoms with van der Waals surface area (Å²) in [7, 11) is 0. The molecule has 17 heavy (non-hydrogen) atoms. The molecule has 0 aliphatic carbocycles. The van der Waals surface area contributed by atoms with E-state index in [0.717, 1.165) is 11.3 Å². The van der Waals surface area contributed by atoms with Crippen molar-refractivity contribution in [3.05, 3.63) is 51.5 Å². The van der Waals surface area contributed by atoms with Crippen molar-refractivity contribution in [3.63, 3.8) is 0 Å². The summed E-state index contributed by atoms with van der Waals surface area (Å²) < 4.78 is 0. The third-order valence-electron chi connectivity index (χ3n) is 2.51. The molecule has 88 valence electrons. The van der Waals surface area contributed by atoms with Crippen LogP contribution in [-0.2, 0) is 6.54 Å². The van der Waals surface area contributed by atoms with Crippen LogP contribution in [0, 0.1) is 13.8 Å². The number of aryl methyl sites for hydroxylation is 2. The topological polar surface area (TPSA) is 42.0 Å². The van der Waals surface area contributed by atoms with E-state index in [9.17, 15) is 4.79 Å². The first kappa shape index (κ1) is 11.8. The van der Waals surface area contributed by atoms with Crippen LogP contribution in [0.4, 0.5) is 0 Å². The first-order valence-corrected chi connectivity index (χ1v) is 6.29. The Morgan fingerprint density at radius 2 is 2.12 bits per heavy atom. The number of carbonyl (C=O) groups is 1. The molecule has 0 saturated carbocycles. The molecule has 0 saturated heterocycles. The summed E-state index contributed by atoms with van der Waals surface area (Å²) >= 11 is 1.37. The van der Waals surface area contributed by atoms with Crippen LogP contribution in [0.25, 0.3) is 0 Å². The van der Waals surface area contributed by atoms with Crippen molar-refractivity contribution in [1.29, 1.82) is 0 Å². The molecule has 0 aliphatic heterocycles. The van der Waals surface area contributed by atoms with Crippen LogP contribution in [0.15, 0.2) is 29.6 Å². The van der Waals surface area contributed by atoms with E-state index in [1.807, 2.05) is 43.5 Å². The van der Waals surface area contributed by atoms with Crippen LogP contribution in [0.2, 0.25) is 0 Å². The van der Waals surface area contributed by atoms with Gasteiger partial charge in [-0.3, -0.25) is 4.79 Å². The Bertz CT molecular complexity index is 534. The first-order chi connectivity index (χ1) is 8.16. The Morgan fingerprint density at radius 3 is 2.76 bits per heavy atom. The summed E-state index contributed by atoms with van der Waals surface area (Å²) in [5.41, 5.74) is 3.20. The van der Waals surface area contributed by atoms with Crippen LogP contribution in [0.1, 0.15) is 26.6 Å². The number of thiazole rings is 1. The van der Waals surface area contributed by atoms with E-state index in [2.05, 4.69) is 10.3 Å². The minimum absolute atomic E-state index is 0.105. The van der Waals surface area contributed by atoms with Gasteiger partial charge in [0.05, 0.1) is 0 Å². The number of benzene rings is 1. The van der Waals surface area contributed by atoms with Gasteiger partial charge < -0.3 is 5.32 Å². The Kier molecular flexibility index (Phi) is 3.54. The molecular weight excluding hydrogens is 232 g/mol. The molecule has 0 bridgehead atoms. The minimum atomic E-state index is -0.105. The number of aromatic nitrogens is 1. The lowest BCUT2D eigenvalue weighted by molar-refractivity contribution is 0.0950. The van der Waals surface area contributed by atoms with Crippen LogP contribution in [-0.4, -0.2) is 10.9 Å². The van der Waals surface area contributed by atoms with Gasteiger partial charge in [0.1, 0.15) is 0 Å². The number of nitrogens with zero attached hydrogens (tertiary/aromatic N) is 1. The average Bonchev–Trinajstić information content (AvgIpc) is 2.74. The summed E-state index contributed by atoms with van der Waals surface area (Å²) in [6.07, 6.45) is 0. The second-order valence-corrected chi connectivity index (χ2v) is 4.76. The van der Waals surface area contributed by atoms with Crippen molar-refractivity contribution in [2.24, 2.45) is 0 Å². The van der Waals surface area contributed by atoms with E-state index in [1.165, 1.54) is 16.9 Å². The third kappa shape index (κ3) is 2.91. The van der Waals surface area contributed by atoms with Crippen molar-refractivity contribution in [3.8, 4) is 0 Å². The molecule has 2 rings (SSSR count). The Hall–Kier alpha value is -1.68. The quantitative estimate of drug-likeness (QED) is 0.904. The number of nitrogens with one attached hydrogen (secondary N) is 1. The smallest absolute Gasteiger partial charge is 0.280 e. The fourth-order valence-electron chi connectivity index (χ4n) is 1.52. The zero-order chi connectivity index (χ0) is 12.3. The highest BCUT2D eigenvalue weighted by Gasteiger charge is 2.09. The fraction of sp³-hybridized carbons (Fsp3) is 0.231. The Labute approximate surface area is 105 Å². The van der Waals surface area contributed by atoms with Crippen LogP contribution in [0.5, 0.6) is 0 Å². The minimum Gasteiger partial charge on any atom is -0.346 e. The van der Waals surface area contributed by atoms with Crippen LogP contribution >= 0.6 is 11.3 Å². The largest absolute Gasteiger partial charge is 0.346 e. The van der Waals surface area contributed by atoms with Gasteiger partial charge in [-0.2, -0.15) is 0 Å². The van der Waals surface area contributed by atoms with E-state index < -0.39 is 0 Å². The highest BCUT2D eigenvalue weighted by Crippen LogP contribution is 2.10. The van der Waals surface area contributed by atoms with E-state index in [1.54, 1.807) is 0 Å². The molecule has 0 atom stereocenters. The zero-order valence-electron chi connectivity index (χ0n) is 9.86. The normalized spacial score (nSPS) is 10.2. The molecule has 1 N–H and O–H groups in total. The molecule has 3 nitrogen and oxygen atoms in total. The fourth-order valence-corrected chi connectivity index (χ4v) is 2.23. The van der Waals surface area contributed by atoms with Gasteiger partial charge in [-0.05, 0) is 25.0 Å². The molecule has 1 aromatic carbocycles. The molecular formula is C13H14N2OS. The summed E-state index contributed by atoms with van der Waals surface area (Å²) in [6.45, 7) is 4.47. The molecule has 0 spiro atoms. The van der Waals surface area contributed by atoms with Gasteiger partial charge in [-0.25, -0.2) is 4.98 Å². The zero-order valence-corrected chi connectivity index (χ0v) is 10.7. The van der Waals surface area contributed by atoms with Gasteiger partial charge in [-0.15, -0.1) is 11.3 Å². The number of amides is 1. The summed E-state index contributed by atoms with van der Waals surface area (Å²) in [5.74, 6) is -0.105. The Balaban J connectivity index is 1.99. The predicted octanol–water partition coefficient (Wildman–Crippen LogP) is 2.69. The molecule has 0 unspecified atom stereocenters. The molecule has 0 aliphatic rings. The molecule has 1 aromatic heterocycles. The first-order valence-electron chi connectivity index (χ1n) is 5.41. The van der Waals surface area contributed by atoms with Crippen molar-refractivity contribution >= 4 is 17.2 Å². The SMILES string of the molecule is Cc1csc(C(=O)NCc2ccccc2C)n1. The molecule has 0 fully saturated rings. The van der Waals surface area contributed by atoms with E-state index >= 15 is 0 Å². The lowest BCUT2D eigenvalue weighted by atomic mass is 10.1.